The first-order valence-electron chi connectivity index (χ1n) is 5.74. The molecule has 0 unspecified atom stereocenters. The molecule has 0 aromatic carbocycles. The van der Waals surface area contributed by atoms with Crippen molar-refractivity contribution in [2.75, 3.05) is 17.6 Å². The van der Waals surface area contributed by atoms with Gasteiger partial charge in [-0.3, -0.25) is 0 Å². The number of hydrogen-bond acceptors (Lipinski definition) is 3. The van der Waals surface area contributed by atoms with Gasteiger partial charge >= 0.3 is 0 Å². The molecule has 3 N–H and O–H groups in total. The first-order chi connectivity index (χ1) is 7.59. The molecule has 0 atom stereocenters. The van der Waals surface area contributed by atoms with Crippen molar-refractivity contribution >= 4 is 23.1 Å². The van der Waals surface area contributed by atoms with Gasteiger partial charge in [0, 0.05) is 6.54 Å². The molecular formula is C12H18ClN3. The van der Waals surface area contributed by atoms with Gasteiger partial charge in [-0.05, 0) is 24.3 Å². The zero-order valence-corrected chi connectivity index (χ0v) is 10.3. The van der Waals surface area contributed by atoms with Gasteiger partial charge in [-0.1, -0.05) is 31.4 Å². The summed E-state index contributed by atoms with van der Waals surface area (Å²) in [5, 5.41) is 3.92. The standard InChI is InChI=1S/C12H18ClN3/c1-12(4-2-3-5-12)8-16-11-10(13)6-9(14)7-15-11/h6-7H,2-5,8,14H2,1H3,(H,15,16). The van der Waals surface area contributed by atoms with Crippen LogP contribution in [0.15, 0.2) is 12.3 Å². The quantitative estimate of drug-likeness (QED) is 0.851. The van der Waals surface area contributed by atoms with Crippen LogP contribution in [0.25, 0.3) is 0 Å². The lowest BCUT2D eigenvalue weighted by molar-refractivity contribution is 0.361. The molecule has 0 aliphatic heterocycles. The van der Waals surface area contributed by atoms with Crippen molar-refractivity contribution < 1.29 is 0 Å². The second kappa shape index (κ2) is 4.50. The van der Waals surface area contributed by atoms with Crippen LogP contribution in [0.2, 0.25) is 5.02 Å². The van der Waals surface area contributed by atoms with Crippen LogP contribution in [0.5, 0.6) is 0 Å². The zero-order valence-electron chi connectivity index (χ0n) is 9.59. The van der Waals surface area contributed by atoms with Crippen molar-refractivity contribution in [3.05, 3.63) is 17.3 Å². The van der Waals surface area contributed by atoms with Gasteiger partial charge in [-0.15, -0.1) is 0 Å². The summed E-state index contributed by atoms with van der Waals surface area (Å²) < 4.78 is 0. The van der Waals surface area contributed by atoms with Gasteiger partial charge in [-0.2, -0.15) is 0 Å². The minimum Gasteiger partial charge on any atom is -0.397 e. The SMILES string of the molecule is CC1(CNc2ncc(N)cc2Cl)CCCC1. The maximum Gasteiger partial charge on any atom is 0.144 e. The van der Waals surface area contributed by atoms with Gasteiger partial charge in [0.25, 0.3) is 0 Å². The van der Waals surface area contributed by atoms with E-state index in [1.54, 1.807) is 12.3 Å². The summed E-state index contributed by atoms with van der Waals surface area (Å²) in [6.07, 6.45) is 6.87. The maximum atomic E-state index is 6.06. The number of nitrogens with two attached hydrogens (primary N) is 1. The van der Waals surface area contributed by atoms with Gasteiger partial charge in [0.2, 0.25) is 0 Å². The molecule has 0 radical (unpaired) electrons. The van der Waals surface area contributed by atoms with Crippen LogP contribution in [0, 0.1) is 5.41 Å². The summed E-state index contributed by atoms with van der Waals surface area (Å²) in [6, 6.07) is 1.73. The molecule has 0 spiro atoms. The summed E-state index contributed by atoms with van der Waals surface area (Å²) in [4.78, 5) is 4.20. The Hall–Kier alpha value is -0.960. The first-order valence-corrected chi connectivity index (χ1v) is 6.12. The molecule has 1 aliphatic carbocycles. The van der Waals surface area contributed by atoms with Gasteiger partial charge < -0.3 is 11.1 Å². The van der Waals surface area contributed by atoms with Crippen LogP contribution in [-0.2, 0) is 0 Å². The normalized spacial score (nSPS) is 18.6. The lowest BCUT2D eigenvalue weighted by atomic mass is 9.89. The monoisotopic (exact) mass is 239 g/mol. The molecule has 88 valence electrons. The topological polar surface area (TPSA) is 50.9 Å². The highest BCUT2D eigenvalue weighted by molar-refractivity contribution is 6.33. The highest BCUT2D eigenvalue weighted by atomic mass is 35.5. The fourth-order valence-corrected chi connectivity index (χ4v) is 2.53. The average Bonchev–Trinajstić information content (AvgIpc) is 2.64. The number of halogens is 1. The number of hydrogen-bond donors (Lipinski definition) is 2. The summed E-state index contributed by atoms with van der Waals surface area (Å²) in [7, 11) is 0. The molecule has 1 heterocycles. The van der Waals surface area contributed by atoms with Gasteiger partial charge in [0.1, 0.15) is 5.82 Å². The predicted octanol–water partition coefficient (Wildman–Crippen LogP) is 3.31. The molecule has 1 saturated carbocycles. The van der Waals surface area contributed by atoms with E-state index < -0.39 is 0 Å². The Morgan fingerprint density at radius 3 is 2.81 bits per heavy atom. The molecular weight excluding hydrogens is 222 g/mol. The number of pyridine rings is 1. The molecule has 0 amide bonds. The molecule has 3 nitrogen and oxygen atoms in total. The number of nitrogens with one attached hydrogen (secondary N) is 1. The highest BCUT2D eigenvalue weighted by Gasteiger charge is 2.28. The van der Waals surface area contributed by atoms with E-state index in [9.17, 15) is 0 Å². The minimum absolute atomic E-state index is 0.395. The highest BCUT2D eigenvalue weighted by Crippen LogP contribution is 2.37. The Morgan fingerprint density at radius 1 is 1.50 bits per heavy atom. The third-order valence-corrected chi connectivity index (χ3v) is 3.64. The van der Waals surface area contributed by atoms with Crippen LogP contribution in [0.3, 0.4) is 0 Å². The molecule has 1 aromatic rings. The second-order valence-corrected chi connectivity index (χ2v) is 5.38. The van der Waals surface area contributed by atoms with Gasteiger partial charge in [0.15, 0.2) is 0 Å². The van der Waals surface area contributed by atoms with Crippen molar-refractivity contribution in [2.24, 2.45) is 5.41 Å². The van der Waals surface area contributed by atoms with E-state index in [0.29, 0.717) is 16.1 Å². The fourth-order valence-electron chi connectivity index (χ4n) is 2.29. The smallest absolute Gasteiger partial charge is 0.144 e. The Kier molecular flexibility index (Phi) is 3.24. The van der Waals surface area contributed by atoms with Gasteiger partial charge in [0.05, 0.1) is 16.9 Å². The molecule has 1 fully saturated rings. The average molecular weight is 240 g/mol. The summed E-state index contributed by atoms with van der Waals surface area (Å²) in [6.45, 7) is 3.25. The third-order valence-electron chi connectivity index (χ3n) is 3.36. The number of nitrogens with zero attached hydrogens (tertiary/aromatic N) is 1. The van der Waals surface area contributed by atoms with E-state index >= 15 is 0 Å². The van der Waals surface area contributed by atoms with Gasteiger partial charge in [-0.25, -0.2) is 4.98 Å². The van der Waals surface area contributed by atoms with Crippen molar-refractivity contribution in [1.82, 2.24) is 4.98 Å². The lowest BCUT2D eigenvalue weighted by Gasteiger charge is -2.24. The predicted molar refractivity (Wildman–Crippen MR) is 68.7 cm³/mol. The van der Waals surface area contributed by atoms with Crippen LogP contribution < -0.4 is 11.1 Å². The molecule has 16 heavy (non-hydrogen) atoms. The van der Waals surface area contributed by atoms with Crippen molar-refractivity contribution in [1.29, 1.82) is 0 Å². The van der Waals surface area contributed by atoms with Crippen molar-refractivity contribution in [3.63, 3.8) is 0 Å². The van der Waals surface area contributed by atoms with Crippen LogP contribution in [-0.4, -0.2) is 11.5 Å². The maximum absolute atomic E-state index is 6.06. The van der Waals surface area contributed by atoms with E-state index in [0.717, 1.165) is 12.4 Å². The summed E-state index contributed by atoms with van der Waals surface area (Å²) in [5.74, 6) is 0.740. The Bertz CT molecular complexity index is 373. The first kappa shape index (κ1) is 11.5. The number of rotatable bonds is 3. The third kappa shape index (κ3) is 2.59. The van der Waals surface area contributed by atoms with E-state index in [4.69, 9.17) is 17.3 Å². The molecule has 0 bridgehead atoms. The van der Waals surface area contributed by atoms with Crippen LogP contribution in [0.4, 0.5) is 11.5 Å². The van der Waals surface area contributed by atoms with E-state index in [2.05, 4.69) is 17.2 Å². The Balaban J connectivity index is 1.99. The zero-order chi connectivity index (χ0) is 11.6. The summed E-state index contributed by atoms with van der Waals surface area (Å²) >= 11 is 6.06. The van der Waals surface area contributed by atoms with Crippen LogP contribution in [0.1, 0.15) is 32.6 Å². The Labute approximate surface area is 101 Å². The van der Waals surface area contributed by atoms with Crippen molar-refractivity contribution in [2.45, 2.75) is 32.6 Å². The van der Waals surface area contributed by atoms with Crippen molar-refractivity contribution in [3.8, 4) is 0 Å². The number of anilines is 2. The largest absolute Gasteiger partial charge is 0.397 e. The fraction of sp³-hybridized carbons (Fsp3) is 0.583. The number of aromatic nitrogens is 1. The number of nitrogen functional groups attached to an aromatic ring is 1. The van der Waals surface area contributed by atoms with E-state index in [-0.39, 0.29) is 0 Å². The second-order valence-electron chi connectivity index (χ2n) is 4.97. The lowest BCUT2D eigenvalue weighted by Crippen LogP contribution is -2.23. The Morgan fingerprint density at radius 2 is 2.19 bits per heavy atom. The molecule has 0 saturated heterocycles. The van der Waals surface area contributed by atoms with E-state index in [1.807, 2.05) is 0 Å². The summed E-state index contributed by atoms with van der Waals surface area (Å²) in [5.41, 5.74) is 6.59. The molecule has 1 aliphatic rings. The minimum atomic E-state index is 0.395. The molecule has 4 heteroatoms. The van der Waals surface area contributed by atoms with E-state index in [1.165, 1.54) is 25.7 Å². The molecule has 2 rings (SSSR count). The van der Waals surface area contributed by atoms with Crippen LogP contribution >= 0.6 is 11.6 Å². The molecule has 1 aromatic heterocycles.